The summed E-state index contributed by atoms with van der Waals surface area (Å²) in [5.74, 6) is 0.242. The van der Waals surface area contributed by atoms with Gasteiger partial charge < -0.3 is 20.0 Å². The number of ketones is 1. The Morgan fingerprint density at radius 1 is 1.11 bits per heavy atom. The maximum Gasteiger partial charge on any atom is 0.233 e. The van der Waals surface area contributed by atoms with Crippen molar-refractivity contribution >= 4 is 22.6 Å². The van der Waals surface area contributed by atoms with E-state index in [4.69, 9.17) is 4.74 Å². The molecule has 6 nitrogen and oxygen atoms in total. The van der Waals surface area contributed by atoms with Crippen LogP contribution in [0.5, 0.6) is 0 Å². The molecule has 3 fully saturated rings. The monoisotopic (exact) mass is 509 g/mol. The van der Waals surface area contributed by atoms with Gasteiger partial charge in [-0.3, -0.25) is 9.59 Å². The molecule has 0 unspecified atom stereocenters. The molecule has 8 atom stereocenters. The quantitative estimate of drug-likeness (QED) is 0.326. The number of carbonyl (C=O) groups excluding carboxylic acids is 2. The minimum Gasteiger partial charge on any atom is -0.365 e. The number of ether oxygens (including phenoxy) is 1. The lowest BCUT2D eigenvalue weighted by atomic mass is 9.52. The Kier molecular flexibility index (Phi) is 5.03. The van der Waals surface area contributed by atoms with Gasteiger partial charge in [-0.1, -0.05) is 50.3 Å². The molecule has 1 aromatic carbocycles. The van der Waals surface area contributed by atoms with Gasteiger partial charge >= 0.3 is 0 Å². The molecule has 2 aromatic heterocycles. The molecule has 4 aliphatic rings. The number of H-pyrrole nitrogens is 2. The maximum atomic E-state index is 14.4. The summed E-state index contributed by atoms with van der Waals surface area (Å²) < 4.78 is 6.49. The minimum atomic E-state index is -0.841. The summed E-state index contributed by atoms with van der Waals surface area (Å²) in [4.78, 5) is 34.5. The summed E-state index contributed by atoms with van der Waals surface area (Å²) in [7, 11) is 0. The lowest BCUT2D eigenvalue weighted by Crippen LogP contribution is -2.57. The van der Waals surface area contributed by atoms with Crippen LogP contribution < -0.4 is 5.32 Å². The van der Waals surface area contributed by atoms with Gasteiger partial charge in [0.1, 0.15) is 5.41 Å². The van der Waals surface area contributed by atoms with E-state index in [1.807, 2.05) is 31.2 Å². The Hall–Kier alpha value is -3.38. The predicted molar refractivity (Wildman–Crippen MR) is 147 cm³/mol. The van der Waals surface area contributed by atoms with Gasteiger partial charge in [0.25, 0.3) is 0 Å². The van der Waals surface area contributed by atoms with E-state index in [1.165, 1.54) is 10.9 Å². The fraction of sp³-hybridized carbons (Fsp3) is 0.438. The van der Waals surface area contributed by atoms with Crippen LogP contribution in [-0.2, 0) is 21.4 Å². The van der Waals surface area contributed by atoms with Crippen molar-refractivity contribution in [1.29, 1.82) is 0 Å². The zero-order valence-corrected chi connectivity index (χ0v) is 22.4. The summed E-state index contributed by atoms with van der Waals surface area (Å²) >= 11 is 0. The number of rotatable bonds is 2. The van der Waals surface area contributed by atoms with Gasteiger partial charge in [-0.15, -0.1) is 0 Å². The zero-order valence-electron chi connectivity index (χ0n) is 22.4. The minimum absolute atomic E-state index is 0.0118. The number of Topliss-reactive ketones (excluding diaryl/α,β-unsaturated/α-hetero) is 1. The van der Waals surface area contributed by atoms with E-state index < -0.39 is 5.41 Å². The van der Waals surface area contributed by atoms with E-state index >= 15 is 0 Å². The highest BCUT2D eigenvalue weighted by Gasteiger charge is 2.77. The molecular weight excluding hydrogens is 474 g/mol. The summed E-state index contributed by atoms with van der Waals surface area (Å²) in [6, 6.07) is 12.1. The molecule has 6 heteroatoms. The van der Waals surface area contributed by atoms with E-state index in [-0.39, 0.29) is 53.1 Å². The normalized spacial score (nSPS) is 40.2. The van der Waals surface area contributed by atoms with Crippen molar-refractivity contribution in [2.45, 2.75) is 63.7 Å². The number of nitrogens with one attached hydrogen (secondary N) is 3. The highest BCUT2D eigenvalue weighted by atomic mass is 16.6. The number of para-hydroxylation sites is 1. The lowest BCUT2D eigenvalue weighted by Gasteiger charge is -2.46. The summed E-state index contributed by atoms with van der Waals surface area (Å²) in [6.45, 7) is 8.46. The van der Waals surface area contributed by atoms with Crippen LogP contribution in [0.4, 0.5) is 0 Å². The van der Waals surface area contributed by atoms with Crippen molar-refractivity contribution in [1.82, 2.24) is 15.3 Å². The number of hydrogen-bond donors (Lipinski definition) is 3. The molecule has 0 radical (unpaired) electrons. The summed E-state index contributed by atoms with van der Waals surface area (Å²) in [6.07, 6.45) is 10.1. The average molecular weight is 510 g/mol. The van der Waals surface area contributed by atoms with Gasteiger partial charge in [0.2, 0.25) is 11.7 Å². The van der Waals surface area contributed by atoms with Gasteiger partial charge in [0, 0.05) is 40.7 Å². The van der Waals surface area contributed by atoms with Crippen LogP contribution in [0.15, 0.2) is 66.4 Å². The van der Waals surface area contributed by atoms with Gasteiger partial charge in [-0.2, -0.15) is 0 Å². The summed E-state index contributed by atoms with van der Waals surface area (Å²) in [5, 5.41) is 4.65. The van der Waals surface area contributed by atoms with Crippen LogP contribution in [0.1, 0.15) is 55.9 Å². The first-order valence-electron chi connectivity index (χ1n) is 13.9. The van der Waals surface area contributed by atoms with Gasteiger partial charge in [0.05, 0.1) is 17.4 Å². The second-order valence-electron chi connectivity index (χ2n) is 12.2. The molecule has 7 rings (SSSR count). The Bertz CT molecular complexity index is 1530. The Morgan fingerprint density at radius 2 is 1.92 bits per heavy atom. The first kappa shape index (κ1) is 23.7. The van der Waals surface area contributed by atoms with E-state index in [1.54, 1.807) is 0 Å². The highest BCUT2D eigenvalue weighted by Crippen LogP contribution is 2.66. The molecular formula is C32H35N3O3. The zero-order chi connectivity index (χ0) is 26.4. The van der Waals surface area contributed by atoms with Gasteiger partial charge in [-0.05, 0) is 67.9 Å². The number of hydrogen-bond acceptors (Lipinski definition) is 3. The molecule has 2 saturated heterocycles. The number of benzene rings is 1. The molecule has 3 aromatic rings. The van der Waals surface area contributed by atoms with E-state index in [2.05, 4.69) is 72.6 Å². The third kappa shape index (κ3) is 3.10. The van der Waals surface area contributed by atoms with Crippen LogP contribution in [0.3, 0.4) is 0 Å². The standard InChI is InChI=1S/C32H35N3O3/c1-17-8-7-10-22-29-31(4,38-29)19(3)27-25(15-20-16-33-23-11-6-5-9-21(20)23)35-30(37)32(22,27)26-13-12-24(34-26)28(36)18(2)14-17/h5-7,9-14,16-17,19,22,25,27,29,33-34H,8,15H2,1-4H3,(H,35,37)/b10-7-,18-14-/t17-,19-,22-,25-,27-,29-,31+,32+/m0/s1. The third-order valence-corrected chi connectivity index (χ3v) is 10.1. The molecule has 1 aliphatic carbocycles. The molecule has 2 bridgehead atoms. The molecule has 1 amide bonds. The van der Waals surface area contributed by atoms with Crippen molar-refractivity contribution in [3.8, 4) is 0 Å². The van der Waals surface area contributed by atoms with Crippen LogP contribution in [-0.4, -0.2) is 39.4 Å². The topological polar surface area (TPSA) is 90.3 Å². The van der Waals surface area contributed by atoms with Gasteiger partial charge in [-0.25, -0.2) is 0 Å². The molecule has 5 heterocycles. The highest BCUT2D eigenvalue weighted by molar-refractivity contribution is 6.07. The smallest absolute Gasteiger partial charge is 0.233 e. The van der Waals surface area contributed by atoms with E-state index in [0.717, 1.165) is 29.6 Å². The first-order valence-corrected chi connectivity index (χ1v) is 13.9. The molecule has 3 aliphatic heterocycles. The second kappa shape index (κ2) is 8.06. The molecule has 38 heavy (non-hydrogen) atoms. The SMILES string of the molecule is C/C1=C/[C@@H](C)C/C=C\[C@H]2[C@@H]3O[C@]3(C)[C@@H](C)[C@H]3[C@H](Cc4c[nH]c5ccccc45)NC(=O)[C@]32c2ccc([nH]2)C1=O. The average Bonchev–Trinajstić information content (AvgIpc) is 3.23. The van der Waals surface area contributed by atoms with E-state index in [9.17, 15) is 9.59 Å². The fourth-order valence-corrected chi connectivity index (χ4v) is 8.03. The van der Waals surface area contributed by atoms with Crippen molar-refractivity contribution in [2.75, 3.05) is 0 Å². The van der Waals surface area contributed by atoms with Crippen LogP contribution in [0, 0.1) is 23.7 Å². The van der Waals surface area contributed by atoms with Gasteiger partial charge in [0.15, 0.2) is 0 Å². The number of amides is 1. The predicted octanol–water partition coefficient (Wildman–Crippen LogP) is 5.24. The van der Waals surface area contributed by atoms with Crippen LogP contribution in [0.25, 0.3) is 10.9 Å². The number of aromatic nitrogens is 2. The fourth-order valence-electron chi connectivity index (χ4n) is 8.03. The Labute approximate surface area is 222 Å². The van der Waals surface area contributed by atoms with Crippen LogP contribution >= 0.6 is 0 Å². The Morgan fingerprint density at radius 3 is 2.76 bits per heavy atom. The number of epoxide rings is 1. The second-order valence-corrected chi connectivity index (χ2v) is 12.2. The Balaban J connectivity index is 1.40. The molecule has 1 saturated carbocycles. The van der Waals surface area contributed by atoms with Crippen molar-refractivity contribution in [2.24, 2.45) is 23.7 Å². The van der Waals surface area contributed by atoms with Crippen LogP contribution in [0.2, 0.25) is 0 Å². The largest absolute Gasteiger partial charge is 0.365 e. The number of fused-ring (bicyclic) bond motifs is 5. The van der Waals surface area contributed by atoms with E-state index in [0.29, 0.717) is 5.69 Å². The maximum absolute atomic E-state index is 14.4. The van der Waals surface area contributed by atoms with Crippen molar-refractivity contribution in [3.63, 3.8) is 0 Å². The number of allylic oxidation sites excluding steroid dienone is 3. The molecule has 196 valence electrons. The third-order valence-electron chi connectivity index (χ3n) is 10.1. The number of aromatic amines is 2. The lowest BCUT2D eigenvalue weighted by molar-refractivity contribution is -0.127. The summed E-state index contributed by atoms with van der Waals surface area (Å²) in [5.41, 5.74) is 3.29. The van der Waals surface area contributed by atoms with Crippen molar-refractivity contribution in [3.05, 3.63) is 83.3 Å². The number of carbonyl (C=O) groups is 2. The van der Waals surface area contributed by atoms with Crippen molar-refractivity contribution < 1.29 is 14.3 Å². The molecule has 1 spiro atoms. The molecule has 3 N–H and O–H groups in total. The first-order chi connectivity index (χ1) is 18.2.